The zero-order valence-electron chi connectivity index (χ0n) is 15.8. The maximum Gasteiger partial charge on any atom is 0.241 e. The van der Waals surface area contributed by atoms with E-state index in [4.69, 9.17) is 0 Å². The van der Waals surface area contributed by atoms with Gasteiger partial charge in [0.2, 0.25) is 27.0 Å². The second-order valence-electron chi connectivity index (χ2n) is 6.02. The van der Waals surface area contributed by atoms with Crippen molar-refractivity contribution in [3.63, 3.8) is 0 Å². The van der Waals surface area contributed by atoms with Crippen LogP contribution in [0, 0.1) is 13.8 Å². The first-order chi connectivity index (χ1) is 13.1. The number of benzene rings is 1. The molecule has 0 spiro atoms. The molecule has 2 rings (SSSR count). The van der Waals surface area contributed by atoms with Gasteiger partial charge in [-0.05, 0) is 31.0 Å². The average Bonchev–Trinajstić information content (AvgIpc) is 3.03. The number of thioether (sulfide) groups is 1. The highest BCUT2D eigenvalue weighted by Gasteiger charge is 2.17. The van der Waals surface area contributed by atoms with Crippen LogP contribution in [0.4, 0.5) is 10.8 Å². The molecule has 0 aliphatic heterocycles. The van der Waals surface area contributed by atoms with Gasteiger partial charge in [-0.2, -0.15) is 4.31 Å². The van der Waals surface area contributed by atoms with Crippen LogP contribution < -0.4 is 10.6 Å². The van der Waals surface area contributed by atoms with Crippen LogP contribution >= 0.6 is 23.1 Å². The highest BCUT2D eigenvalue weighted by atomic mass is 32.2. The third-order valence-electron chi connectivity index (χ3n) is 3.79. The first kappa shape index (κ1) is 22.3. The standard InChI is InChI=1S/C16H21N5O4S3/c1-10-6-5-7-12(11(10)2)17-14(23)9-26-16-20-19-15(27-16)18-13(22)8-21(3)28(4,24)25/h5-7H,8-9H2,1-4H3,(H,17,23)(H,18,19,22). The molecule has 0 aliphatic carbocycles. The van der Waals surface area contributed by atoms with Crippen LogP contribution in [0.1, 0.15) is 11.1 Å². The summed E-state index contributed by atoms with van der Waals surface area (Å²) in [7, 11) is -2.13. The Balaban J connectivity index is 1.85. The van der Waals surface area contributed by atoms with Crippen LogP contribution in [0.5, 0.6) is 0 Å². The molecule has 0 saturated heterocycles. The number of nitrogens with zero attached hydrogens (tertiary/aromatic N) is 3. The Kier molecular flexibility index (Phi) is 7.52. The normalized spacial score (nSPS) is 11.5. The van der Waals surface area contributed by atoms with Crippen molar-refractivity contribution in [2.75, 3.05) is 36.2 Å². The molecule has 2 N–H and O–H groups in total. The summed E-state index contributed by atoms with van der Waals surface area (Å²) in [5, 5.41) is 13.3. The van der Waals surface area contributed by atoms with Crippen LogP contribution in [0.15, 0.2) is 22.5 Å². The number of aryl methyl sites for hydroxylation is 1. The van der Waals surface area contributed by atoms with E-state index in [-0.39, 0.29) is 23.3 Å². The molecule has 0 aliphatic rings. The number of carbonyl (C=O) groups is 2. The topological polar surface area (TPSA) is 121 Å². The van der Waals surface area contributed by atoms with Gasteiger partial charge in [0.25, 0.3) is 0 Å². The van der Waals surface area contributed by atoms with Crippen molar-refractivity contribution < 1.29 is 18.0 Å². The van der Waals surface area contributed by atoms with E-state index in [1.165, 1.54) is 18.8 Å². The summed E-state index contributed by atoms with van der Waals surface area (Å²) in [4.78, 5) is 24.0. The molecule has 0 fully saturated rings. The van der Waals surface area contributed by atoms with E-state index >= 15 is 0 Å². The molecule has 2 amide bonds. The van der Waals surface area contributed by atoms with Crippen molar-refractivity contribution >= 4 is 55.8 Å². The summed E-state index contributed by atoms with van der Waals surface area (Å²) in [5.74, 6) is -0.546. The molecule has 2 aromatic rings. The lowest BCUT2D eigenvalue weighted by Crippen LogP contribution is -2.34. The Hall–Kier alpha value is -2.02. The molecule has 1 aromatic heterocycles. The number of hydrogen-bond donors (Lipinski definition) is 2. The van der Waals surface area contributed by atoms with Crippen LogP contribution in [0.2, 0.25) is 0 Å². The molecule has 1 aromatic carbocycles. The van der Waals surface area contributed by atoms with Gasteiger partial charge < -0.3 is 5.32 Å². The minimum atomic E-state index is -3.44. The number of aromatic nitrogens is 2. The lowest BCUT2D eigenvalue weighted by Gasteiger charge is -2.12. The van der Waals surface area contributed by atoms with Crippen LogP contribution in [0.25, 0.3) is 0 Å². The lowest BCUT2D eigenvalue weighted by molar-refractivity contribution is -0.116. The third-order valence-corrected chi connectivity index (χ3v) is 7.02. The van der Waals surface area contributed by atoms with E-state index in [9.17, 15) is 18.0 Å². The fraction of sp³-hybridized carbons (Fsp3) is 0.375. The van der Waals surface area contributed by atoms with Crippen LogP contribution in [0.3, 0.4) is 0 Å². The molecule has 152 valence electrons. The van der Waals surface area contributed by atoms with E-state index < -0.39 is 15.9 Å². The molecule has 0 saturated carbocycles. The third kappa shape index (κ3) is 6.55. The number of nitrogens with one attached hydrogen (secondary N) is 2. The average molecular weight is 444 g/mol. The number of amides is 2. The fourth-order valence-corrected chi connectivity index (χ4v) is 3.92. The molecule has 12 heteroatoms. The predicted molar refractivity (Wildman–Crippen MR) is 111 cm³/mol. The monoisotopic (exact) mass is 443 g/mol. The first-order valence-electron chi connectivity index (χ1n) is 8.10. The van der Waals surface area contributed by atoms with Gasteiger partial charge in [0.1, 0.15) is 0 Å². The molecule has 1 heterocycles. The lowest BCUT2D eigenvalue weighted by atomic mass is 10.1. The van der Waals surface area contributed by atoms with Gasteiger partial charge in [-0.15, -0.1) is 10.2 Å². The molecule has 0 radical (unpaired) electrons. The van der Waals surface area contributed by atoms with Gasteiger partial charge in [0.05, 0.1) is 18.6 Å². The summed E-state index contributed by atoms with van der Waals surface area (Å²) < 4.78 is 24.1. The Morgan fingerprint density at radius 1 is 1.18 bits per heavy atom. The first-order valence-corrected chi connectivity index (χ1v) is 11.7. The number of likely N-dealkylation sites (N-methyl/N-ethyl adjacent to an activating group) is 1. The second-order valence-corrected chi connectivity index (χ2v) is 10.3. The van der Waals surface area contributed by atoms with Crippen LogP contribution in [-0.2, 0) is 19.6 Å². The van der Waals surface area contributed by atoms with Gasteiger partial charge in [0.15, 0.2) is 4.34 Å². The van der Waals surface area contributed by atoms with Gasteiger partial charge in [-0.1, -0.05) is 35.2 Å². The minimum Gasteiger partial charge on any atom is -0.325 e. The number of rotatable bonds is 8. The summed E-state index contributed by atoms with van der Waals surface area (Å²) >= 11 is 2.31. The molecule has 0 atom stereocenters. The van der Waals surface area contributed by atoms with Crippen molar-refractivity contribution in [2.24, 2.45) is 0 Å². The molecule has 0 bridgehead atoms. The molecular weight excluding hydrogens is 422 g/mol. The van der Waals surface area contributed by atoms with E-state index in [0.29, 0.717) is 4.34 Å². The molecular formula is C16H21N5O4S3. The Labute approximate surface area is 172 Å². The maximum atomic E-state index is 12.1. The van der Waals surface area contributed by atoms with Gasteiger partial charge >= 0.3 is 0 Å². The summed E-state index contributed by atoms with van der Waals surface area (Å²) in [6.45, 7) is 3.60. The van der Waals surface area contributed by atoms with E-state index in [1.54, 1.807) is 0 Å². The zero-order valence-corrected chi connectivity index (χ0v) is 18.3. The largest absolute Gasteiger partial charge is 0.325 e. The zero-order chi connectivity index (χ0) is 20.9. The van der Waals surface area contributed by atoms with Crippen molar-refractivity contribution in [3.8, 4) is 0 Å². The smallest absolute Gasteiger partial charge is 0.241 e. The summed E-state index contributed by atoms with van der Waals surface area (Å²) in [6.07, 6.45) is 1.02. The number of anilines is 2. The fourth-order valence-electron chi connectivity index (χ4n) is 2.00. The summed E-state index contributed by atoms with van der Waals surface area (Å²) in [6, 6.07) is 5.70. The highest BCUT2D eigenvalue weighted by Crippen LogP contribution is 2.26. The molecule has 0 unspecified atom stereocenters. The van der Waals surface area contributed by atoms with E-state index in [2.05, 4.69) is 20.8 Å². The Bertz CT molecular complexity index is 974. The quantitative estimate of drug-likeness (QED) is 0.470. The van der Waals surface area contributed by atoms with E-state index in [0.717, 1.165) is 38.7 Å². The van der Waals surface area contributed by atoms with Gasteiger partial charge in [-0.3, -0.25) is 14.9 Å². The van der Waals surface area contributed by atoms with Gasteiger partial charge in [-0.25, -0.2) is 8.42 Å². The highest BCUT2D eigenvalue weighted by molar-refractivity contribution is 8.01. The Morgan fingerprint density at radius 2 is 1.89 bits per heavy atom. The maximum absolute atomic E-state index is 12.1. The number of sulfonamides is 1. The van der Waals surface area contributed by atoms with Crippen molar-refractivity contribution in [3.05, 3.63) is 29.3 Å². The van der Waals surface area contributed by atoms with E-state index in [1.807, 2.05) is 32.0 Å². The minimum absolute atomic E-state index is 0.146. The van der Waals surface area contributed by atoms with Crippen molar-refractivity contribution in [1.29, 1.82) is 0 Å². The number of hydrogen-bond acceptors (Lipinski definition) is 8. The van der Waals surface area contributed by atoms with Crippen molar-refractivity contribution in [1.82, 2.24) is 14.5 Å². The second kappa shape index (κ2) is 9.45. The summed E-state index contributed by atoms with van der Waals surface area (Å²) in [5.41, 5.74) is 2.88. The number of carbonyl (C=O) groups excluding carboxylic acids is 2. The van der Waals surface area contributed by atoms with Gasteiger partial charge in [0, 0.05) is 12.7 Å². The SMILES string of the molecule is Cc1cccc(NC(=O)CSc2nnc(NC(=O)CN(C)S(C)(=O)=O)s2)c1C. The van der Waals surface area contributed by atoms with Crippen molar-refractivity contribution in [2.45, 2.75) is 18.2 Å². The van der Waals surface area contributed by atoms with Crippen LogP contribution in [-0.4, -0.2) is 60.3 Å². The predicted octanol–water partition coefficient (Wildman–Crippen LogP) is 1.72. The molecule has 28 heavy (non-hydrogen) atoms. The molecule has 9 nitrogen and oxygen atoms in total. The Morgan fingerprint density at radius 3 is 2.57 bits per heavy atom.